The summed E-state index contributed by atoms with van der Waals surface area (Å²) >= 11 is 0. The third-order valence-electron chi connectivity index (χ3n) is 6.06. The number of hydrogen-bond donors (Lipinski definition) is 0. The van der Waals surface area contributed by atoms with E-state index in [1.807, 2.05) is 4.68 Å². The number of rotatable bonds is 5. The second-order valence-corrected chi connectivity index (χ2v) is 7.50. The summed E-state index contributed by atoms with van der Waals surface area (Å²) < 4.78 is 1.91. The van der Waals surface area contributed by atoms with Crippen molar-refractivity contribution < 1.29 is 4.79 Å². The van der Waals surface area contributed by atoms with Crippen molar-refractivity contribution in [2.45, 2.75) is 58.4 Å². The number of carbonyl (C=O) groups is 1. The second kappa shape index (κ2) is 5.22. The minimum atomic E-state index is 0.324. The van der Waals surface area contributed by atoms with E-state index >= 15 is 0 Å². The zero-order chi connectivity index (χ0) is 14.4. The Bertz CT molecular complexity index is 508. The van der Waals surface area contributed by atoms with Gasteiger partial charge in [0.25, 0.3) is 0 Å². The van der Waals surface area contributed by atoms with E-state index in [0.29, 0.717) is 30.0 Å². The van der Waals surface area contributed by atoms with Crippen molar-refractivity contribution >= 4 is 5.78 Å². The third kappa shape index (κ3) is 2.33. The van der Waals surface area contributed by atoms with E-state index in [-0.39, 0.29) is 0 Å². The van der Waals surface area contributed by atoms with Gasteiger partial charge in [0, 0.05) is 12.5 Å². The van der Waals surface area contributed by atoms with Crippen molar-refractivity contribution in [2.24, 2.45) is 29.6 Å². The number of nitrogens with zero attached hydrogens (tertiary/aromatic N) is 3. The topological polar surface area (TPSA) is 47.8 Å². The van der Waals surface area contributed by atoms with E-state index in [9.17, 15) is 4.79 Å². The molecular formula is C17H25N3O. The van der Waals surface area contributed by atoms with E-state index in [4.69, 9.17) is 0 Å². The normalized spacial score (nSPS) is 37.1. The van der Waals surface area contributed by atoms with Crippen LogP contribution in [0.1, 0.15) is 51.3 Å². The number of hydrogen-bond acceptors (Lipinski definition) is 3. The van der Waals surface area contributed by atoms with Gasteiger partial charge >= 0.3 is 0 Å². The predicted octanol–water partition coefficient (Wildman–Crippen LogP) is 2.87. The molecule has 114 valence electrons. The van der Waals surface area contributed by atoms with Crippen LogP contribution in [0.15, 0.2) is 6.33 Å². The van der Waals surface area contributed by atoms with Crippen molar-refractivity contribution in [3.05, 3.63) is 12.2 Å². The molecular weight excluding hydrogens is 262 g/mol. The van der Waals surface area contributed by atoms with Crippen molar-refractivity contribution in [1.29, 1.82) is 0 Å². The molecule has 0 aromatic carbocycles. The van der Waals surface area contributed by atoms with Crippen molar-refractivity contribution in [3.8, 4) is 0 Å². The van der Waals surface area contributed by atoms with Crippen molar-refractivity contribution in [3.63, 3.8) is 0 Å². The highest BCUT2D eigenvalue weighted by Crippen LogP contribution is 2.56. The predicted molar refractivity (Wildman–Crippen MR) is 79.6 cm³/mol. The first-order valence-electron chi connectivity index (χ1n) is 8.64. The molecule has 1 aromatic rings. The molecule has 0 radical (unpaired) electrons. The Labute approximate surface area is 126 Å². The molecule has 4 saturated carbocycles. The Morgan fingerprint density at radius 2 is 1.86 bits per heavy atom. The van der Waals surface area contributed by atoms with Crippen LogP contribution in [0, 0.1) is 29.6 Å². The van der Waals surface area contributed by atoms with Crippen LogP contribution in [0.3, 0.4) is 0 Å². The summed E-state index contributed by atoms with van der Waals surface area (Å²) in [5, 5.41) is 4.25. The molecule has 21 heavy (non-hydrogen) atoms. The fourth-order valence-electron chi connectivity index (χ4n) is 5.55. The first-order chi connectivity index (χ1) is 10.2. The molecule has 4 aliphatic carbocycles. The van der Waals surface area contributed by atoms with Crippen LogP contribution < -0.4 is 0 Å². The molecule has 4 bridgehead atoms. The molecule has 0 atom stereocenters. The summed E-state index contributed by atoms with van der Waals surface area (Å²) in [4.78, 5) is 17.2. The molecule has 4 fully saturated rings. The van der Waals surface area contributed by atoms with Crippen LogP contribution in [0.25, 0.3) is 0 Å². The quantitative estimate of drug-likeness (QED) is 0.836. The number of Topliss-reactive ketones (excluding diaryl/α,β-unsaturated/α-hetero) is 1. The summed E-state index contributed by atoms with van der Waals surface area (Å²) in [7, 11) is 0. The Morgan fingerprint density at radius 1 is 1.19 bits per heavy atom. The molecule has 4 heteroatoms. The maximum atomic E-state index is 12.9. The number of aromatic nitrogens is 3. The second-order valence-electron chi connectivity index (χ2n) is 7.50. The van der Waals surface area contributed by atoms with Gasteiger partial charge in [-0.3, -0.25) is 4.79 Å². The van der Waals surface area contributed by atoms with Gasteiger partial charge < -0.3 is 0 Å². The molecule has 0 spiro atoms. The SMILES string of the molecule is CCCn1ncnc1CC(=O)C1C2CC3CC(C2)CC1C3. The summed E-state index contributed by atoms with van der Waals surface area (Å²) in [6.45, 7) is 3.00. The standard InChI is InChI=1S/C17H25N3O/c1-2-3-20-16(18-10-19-20)9-15(21)17-13-5-11-4-12(7-13)8-14(17)6-11/h10-14,17H,2-9H2,1H3. The summed E-state index contributed by atoms with van der Waals surface area (Å²) in [5.41, 5.74) is 0. The van der Waals surface area contributed by atoms with E-state index in [0.717, 1.165) is 30.6 Å². The summed E-state index contributed by atoms with van der Waals surface area (Å²) in [5.74, 6) is 4.85. The largest absolute Gasteiger partial charge is 0.299 e. The van der Waals surface area contributed by atoms with Crippen LogP contribution >= 0.6 is 0 Å². The Kier molecular flexibility index (Phi) is 3.35. The Morgan fingerprint density at radius 3 is 2.48 bits per heavy atom. The molecule has 0 aliphatic heterocycles. The minimum Gasteiger partial charge on any atom is -0.299 e. The molecule has 0 N–H and O–H groups in total. The molecule has 5 rings (SSSR count). The lowest BCUT2D eigenvalue weighted by molar-refractivity contribution is -0.135. The Hall–Kier alpha value is -1.19. The van der Waals surface area contributed by atoms with Crippen LogP contribution in [-0.2, 0) is 17.8 Å². The van der Waals surface area contributed by atoms with E-state index < -0.39 is 0 Å². The molecule has 4 nitrogen and oxygen atoms in total. The van der Waals surface area contributed by atoms with Gasteiger partial charge in [-0.05, 0) is 62.2 Å². The monoisotopic (exact) mass is 287 g/mol. The maximum Gasteiger partial charge on any atom is 0.144 e. The molecule has 4 aliphatic rings. The first-order valence-corrected chi connectivity index (χ1v) is 8.64. The fraction of sp³-hybridized carbons (Fsp3) is 0.824. The maximum absolute atomic E-state index is 12.9. The summed E-state index contributed by atoms with van der Waals surface area (Å²) in [6, 6.07) is 0. The minimum absolute atomic E-state index is 0.324. The Balaban J connectivity index is 1.49. The summed E-state index contributed by atoms with van der Waals surface area (Å²) in [6.07, 6.45) is 9.80. The number of ketones is 1. The van der Waals surface area contributed by atoms with Crippen LogP contribution in [0.5, 0.6) is 0 Å². The molecule has 0 amide bonds. The highest BCUT2D eigenvalue weighted by Gasteiger charge is 2.50. The third-order valence-corrected chi connectivity index (χ3v) is 6.06. The van der Waals surface area contributed by atoms with Crippen LogP contribution in [0.4, 0.5) is 0 Å². The van der Waals surface area contributed by atoms with Gasteiger partial charge in [0.05, 0.1) is 6.42 Å². The highest BCUT2D eigenvalue weighted by molar-refractivity contribution is 5.83. The van der Waals surface area contributed by atoms with E-state index in [1.165, 1.54) is 32.1 Å². The first kappa shape index (κ1) is 13.5. The van der Waals surface area contributed by atoms with Gasteiger partial charge in [-0.25, -0.2) is 9.67 Å². The van der Waals surface area contributed by atoms with Crippen molar-refractivity contribution in [1.82, 2.24) is 14.8 Å². The average molecular weight is 287 g/mol. The average Bonchev–Trinajstić information content (AvgIpc) is 2.85. The van der Waals surface area contributed by atoms with Crippen molar-refractivity contribution in [2.75, 3.05) is 0 Å². The zero-order valence-electron chi connectivity index (χ0n) is 12.9. The smallest absolute Gasteiger partial charge is 0.144 e. The lowest BCUT2D eigenvalue weighted by atomic mass is 9.51. The number of carbonyl (C=O) groups excluding carboxylic acids is 1. The van der Waals surface area contributed by atoms with Gasteiger partial charge in [-0.15, -0.1) is 0 Å². The molecule has 0 unspecified atom stereocenters. The van der Waals surface area contributed by atoms with E-state index in [2.05, 4.69) is 17.0 Å². The molecule has 0 saturated heterocycles. The van der Waals surface area contributed by atoms with Gasteiger partial charge in [0.2, 0.25) is 0 Å². The molecule has 1 aromatic heterocycles. The highest BCUT2D eigenvalue weighted by atomic mass is 16.1. The van der Waals surface area contributed by atoms with Gasteiger partial charge in [0.1, 0.15) is 17.9 Å². The van der Waals surface area contributed by atoms with Gasteiger partial charge in [0.15, 0.2) is 0 Å². The van der Waals surface area contributed by atoms with Crippen LogP contribution in [0.2, 0.25) is 0 Å². The zero-order valence-corrected chi connectivity index (χ0v) is 12.9. The lowest BCUT2D eigenvalue weighted by Gasteiger charge is -2.53. The van der Waals surface area contributed by atoms with E-state index in [1.54, 1.807) is 6.33 Å². The molecule has 1 heterocycles. The fourth-order valence-corrected chi connectivity index (χ4v) is 5.55. The van der Waals surface area contributed by atoms with Crippen LogP contribution in [-0.4, -0.2) is 20.5 Å². The van der Waals surface area contributed by atoms with Gasteiger partial charge in [-0.1, -0.05) is 6.92 Å². The lowest BCUT2D eigenvalue weighted by Crippen LogP contribution is -2.48. The van der Waals surface area contributed by atoms with Gasteiger partial charge in [-0.2, -0.15) is 5.10 Å². The number of aryl methyl sites for hydroxylation is 1.